The Labute approximate surface area is 280 Å². The van der Waals surface area contributed by atoms with Crippen LogP contribution in [0, 0.1) is 29.1 Å². The summed E-state index contributed by atoms with van der Waals surface area (Å²) in [5, 5.41) is 0. The fraction of sp³-hybridized carbons (Fsp3) is 0.435. The predicted octanol–water partition coefficient (Wildman–Crippen LogP) is 13.1. The van der Waals surface area contributed by atoms with Crippen LogP contribution in [-0.2, 0) is 0 Å². The second-order valence-electron chi connectivity index (χ2n) is 14.1. The van der Waals surface area contributed by atoms with E-state index in [9.17, 15) is 0 Å². The molecule has 0 aromatic heterocycles. The number of hydrogen-bond acceptors (Lipinski definition) is 0. The van der Waals surface area contributed by atoms with Gasteiger partial charge in [0.2, 0.25) is 0 Å². The van der Waals surface area contributed by atoms with E-state index in [0.29, 0.717) is 17.8 Å². The van der Waals surface area contributed by atoms with Crippen molar-refractivity contribution in [3.8, 4) is 0 Å². The summed E-state index contributed by atoms with van der Waals surface area (Å²) in [4.78, 5) is 0. The Hall–Kier alpha value is -3.38. The molecule has 0 saturated heterocycles. The molecule has 0 radical (unpaired) electrons. The summed E-state index contributed by atoms with van der Waals surface area (Å²) in [5.74, 6) is 2.30. The third-order valence-electron chi connectivity index (χ3n) is 12.1. The van der Waals surface area contributed by atoms with Gasteiger partial charge in [0.15, 0.2) is 0 Å². The van der Waals surface area contributed by atoms with E-state index in [0.717, 1.165) is 50.9 Å². The SMILES string of the molecule is C=C/C(=C\C)C1=CCCC(C2=C(C3C=C(C4CC=CC=C4C4=CC=CC(C(CC)CC)C4)C3(CC)C3=CC=CCC3)C=CCC2)=C1. The van der Waals surface area contributed by atoms with Gasteiger partial charge in [0.05, 0.1) is 0 Å². The van der Waals surface area contributed by atoms with Crippen molar-refractivity contribution in [1.29, 1.82) is 0 Å². The van der Waals surface area contributed by atoms with Gasteiger partial charge in [-0.25, -0.2) is 0 Å². The van der Waals surface area contributed by atoms with Crippen molar-refractivity contribution in [2.75, 3.05) is 0 Å². The lowest BCUT2D eigenvalue weighted by Gasteiger charge is -2.55. The van der Waals surface area contributed by atoms with E-state index in [-0.39, 0.29) is 5.41 Å². The molecule has 0 aliphatic heterocycles. The van der Waals surface area contributed by atoms with Gasteiger partial charge in [0.1, 0.15) is 0 Å². The molecule has 0 heteroatoms. The van der Waals surface area contributed by atoms with Crippen molar-refractivity contribution >= 4 is 0 Å². The normalized spacial score (nSPS) is 29.5. The molecule has 0 fully saturated rings. The second-order valence-corrected chi connectivity index (χ2v) is 14.1. The molecule has 0 nitrogen and oxygen atoms in total. The van der Waals surface area contributed by atoms with Crippen LogP contribution in [0.4, 0.5) is 0 Å². The Morgan fingerprint density at radius 1 is 0.935 bits per heavy atom. The van der Waals surface area contributed by atoms with Gasteiger partial charge in [0.25, 0.3) is 0 Å². The average Bonchev–Trinajstić information content (AvgIpc) is 3.11. The van der Waals surface area contributed by atoms with Crippen LogP contribution in [-0.4, -0.2) is 0 Å². The van der Waals surface area contributed by atoms with E-state index in [1.807, 2.05) is 6.08 Å². The zero-order valence-electron chi connectivity index (χ0n) is 29.0. The first kappa shape index (κ1) is 32.6. The summed E-state index contributed by atoms with van der Waals surface area (Å²) in [6, 6.07) is 0. The number of hydrogen-bond donors (Lipinski definition) is 0. The maximum absolute atomic E-state index is 4.11. The largest absolute Gasteiger partial charge is 0.0985 e. The van der Waals surface area contributed by atoms with Crippen molar-refractivity contribution in [2.45, 2.75) is 98.3 Å². The molecule has 46 heavy (non-hydrogen) atoms. The van der Waals surface area contributed by atoms with Crippen molar-refractivity contribution in [3.63, 3.8) is 0 Å². The first-order valence-electron chi connectivity index (χ1n) is 18.5. The van der Waals surface area contributed by atoms with E-state index in [1.54, 1.807) is 39.0 Å². The summed E-state index contributed by atoms with van der Waals surface area (Å²) < 4.78 is 0. The predicted molar refractivity (Wildman–Crippen MR) is 200 cm³/mol. The quantitative estimate of drug-likeness (QED) is 0.162. The number of rotatable bonds is 11. The van der Waals surface area contributed by atoms with Gasteiger partial charge in [0, 0.05) is 17.3 Å². The Balaban J connectivity index is 1.43. The minimum atomic E-state index is 0.0747. The Bertz CT molecular complexity index is 1570. The Morgan fingerprint density at radius 3 is 2.50 bits per heavy atom. The van der Waals surface area contributed by atoms with Gasteiger partial charge in [-0.05, 0) is 116 Å². The van der Waals surface area contributed by atoms with Crippen LogP contribution >= 0.6 is 0 Å². The van der Waals surface area contributed by atoms with Crippen molar-refractivity contribution in [2.24, 2.45) is 29.1 Å². The third-order valence-corrected chi connectivity index (χ3v) is 12.1. The van der Waals surface area contributed by atoms with Crippen molar-refractivity contribution in [1.82, 2.24) is 0 Å². The Morgan fingerprint density at radius 2 is 1.76 bits per heavy atom. The molecule has 0 aromatic rings. The van der Waals surface area contributed by atoms with Gasteiger partial charge >= 0.3 is 0 Å². The monoisotopic (exact) mass is 608 g/mol. The fourth-order valence-corrected chi connectivity index (χ4v) is 9.60. The summed E-state index contributed by atoms with van der Waals surface area (Å²) >= 11 is 0. The topological polar surface area (TPSA) is 0 Å². The summed E-state index contributed by atoms with van der Waals surface area (Å²) in [6.45, 7) is 13.5. The van der Waals surface area contributed by atoms with E-state index in [4.69, 9.17) is 0 Å². The smallest absolute Gasteiger partial charge is 0.0231 e. The summed E-state index contributed by atoms with van der Waals surface area (Å²) in [6.07, 6.45) is 51.4. The molecular formula is C46H56. The molecule has 0 amide bonds. The Kier molecular flexibility index (Phi) is 10.3. The average molecular weight is 609 g/mol. The highest BCUT2D eigenvalue weighted by molar-refractivity contribution is 5.60. The molecule has 0 saturated carbocycles. The standard InChI is InChI=1S/C46H56/c1-6-33(7-2)35-20-18-22-37(30-35)40-26-14-16-28-42(40)44-32-45(46(44,10-5)39-24-12-11-13-25-39)43-29-17-15-27-41(43)38-23-19-21-36(31-38)34(8-3)9-4/h6-7,11-12,15-17,19-21,23-24,27-28,30,32,34,36,43-44H,1,8-10,13-14,18,22,25-26,29,31H2,2-5H3/b33-7+. The first-order chi connectivity index (χ1) is 22.6. The lowest BCUT2D eigenvalue weighted by molar-refractivity contribution is 0.251. The van der Waals surface area contributed by atoms with Crippen molar-refractivity contribution < 1.29 is 0 Å². The van der Waals surface area contributed by atoms with Crippen LogP contribution in [0.3, 0.4) is 0 Å². The van der Waals surface area contributed by atoms with Crippen molar-refractivity contribution in [3.05, 3.63) is 154 Å². The van der Waals surface area contributed by atoms with Crippen LogP contribution in [0.2, 0.25) is 0 Å². The molecule has 0 N–H and O–H groups in total. The minimum Gasteiger partial charge on any atom is -0.0985 e. The molecule has 0 spiro atoms. The zero-order chi connectivity index (χ0) is 32.1. The van der Waals surface area contributed by atoms with Gasteiger partial charge < -0.3 is 0 Å². The van der Waals surface area contributed by atoms with Crippen LogP contribution in [0.5, 0.6) is 0 Å². The van der Waals surface area contributed by atoms with Crippen LogP contribution in [0.1, 0.15) is 98.3 Å². The lowest BCUT2D eigenvalue weighted by atomic mass is 9.48. The molecule has 6 rings (SSSR count). The summed E-state index contributed by atoms with van der Waals surface area (Å²) in [5.41, 5.74) is 13.9. The third kappa shape index (κ3) is 5.94. The zero-order valence-corrected chi connectivity index (χ0v) is 29.0. The number of allylic oxidation sites excluding steroid dienone is 25. The summed E-state index contributed by atoms with van der Waals surface area (Å²) in [7, 11) is 0. The highest BCUT2D eigenvalue weighted by atomic mass is 14.6. The first-order valence-corrected chi connectivity index (χ1v) is 18.5. The van der Waals surface area contributed by atoms with E-state index in [2.05, 4.69) is 125 Å². The van der Waals surface area contributed by atoms with Gasteiger partial charge in [-0.2, -0.15) is 0 Å². The molecule has 4 unspecified atom stereocenters. The van der Waals surface area contributed by atoms with Gasteiger partial charge in [-0.3, -0.25) is 0 Å². The van der Waals surface area contributed by atoms with Crippen LogP contribution in [0.25, 0.3) is 0 Å². The molecule has 6 aliphatic carbocycles. The highest BCUT2D eigenvalue weighted by Gasteiger charge is 2.53. The maximum Gasteiger partial charge on any atom is 0.0231 e. The molecule has 4 atom stereocenters. The minimum absolute atomic E-state index is 0.0747. The molecule has 0 aromatic carbocycles. The van der Waals surface area contributed by atoms with E-state index >= 15 is 0 Å². The molecule has 0 heterocycles. The van der Waals surface area contributed by atoms with Crippen LogP contribution < -0.4 is 0 Å². The highest BCUT2D eigenvalue weighted by Crippen LogP contribution is 2.63. The molecule has 240 valence electrons. The molecule has 0 bridgehead atoms. The lowest BCUT2D eigenvalue weighted by Crippen LogP contribution is -2.45. The van der Waals surface area contributed by atoms with Gasteiger partial charge in [-0.1, -0.05) is 149 Å². The molecule has 6 aliphatic rings. The maximum atomic E-state index is 4.11. The van der Waals surface area contributed by atoms with Gasteiger partial charge in [-0.15, -0.1) is 0 Å². The molecular weight excluding hydrogens is 553 g/mol. The van der Waals surface area contributed by atoms with E-state index < -0.39 is 0 Å². The fourth-order valence-electron chi connectivity index (χ4n) is 9.60. The second kappa shape index (κ2) is 14.6. The van der Waals surface area contributed by atoms with Crippen LogP contribution in [0.15, 0.2) is 154 Å². The van der Waals surface area contributed by atoms with E-state index in [1.165, 1.54) is 36.8 Å².